The van der Waals surface area contributed by atoms with Crippen LogP contribution in [0.25, 0.3) is 0 Å². The average molecular weight is 536 g/mol. The Kier molecular flexibility index (Phi) is 10.7. The van der Waals surface area contributed by atoms with E-state index in [9.17, 15) is 4.79 Å². The molecule has 37 heavy (non-hydrogen) atoms. The third-order valence-electron chi connectivity index (χ3n) is 5.16. The molecule has 3 aromatic rings. The average Bonchev–Trinajstić information content (AvgIpc) is 2.93. The molecule has 0 heterocycles. The molecular weight excluding hydrogens is 506 g/mol. The van der Waals surface area contributed by atoms with Crippen molar-refractivity contribution >= 4 is 41.8 Å². The molecule has 0 spiro atoms. The Balaban J connectivity index is 1.77. The molecule has 9 heteroatoms. The van der Waals surface area contributed by atoms with Gasteiger partial charge in [0.1, 0.15) is 5.75 Å². The predicted octanol–water partition coefficient (Wildman–Crippen LogP) is 6.40. The molecule has 0 aromatic heterocycles. The van der Waals surface area contributed by atoms with Gasteiger partial charge < -0.3 is 19.5 Å². The summed E-state index contributed by atoms with van der Waals surface area (Å²) in [5, 5.41) is 12.0. The minimum atomic E-state index is -0.874. The van der Waals surface area contributed by atoms with Crippen molar-refractivity contribution < 1.29 is 19.0 Å². The summed E-state index contributed by atoms with van der Waals surface area (Å²) in [6, 6.07) is 20.1. The molecule has 0 aliphatic heterocycles. The number of carbonyl (C=O) groups excluding carboxylic acids is 1. The van der Waals surface area contributed by atoms with Crippen LogP contribution in [0.4, 0.5) is 5.69 Å². The second-order valence-electron chi connectivity index (χ2n) is 7.53. The van der Waals surface area contributed by atoms with Gasteiger partial charge in [-0.15, -0.1) is 23.5 Å². The highest BCUT2D eigenvalue weighted by atomic mass is 32.2. The fourth-order valence-electron chi connectivity index (χ4n) is 3.40. The molecule has 3 aromatic carbocycles. The highest BCUT2D eigenvalue weighted by Gasteiger charge is 2.23. The largest absolute Gasteiger partial charge is 0.493 e. The van der Waals surface area contributed by atoms with Crippen molar-refractivity contribution in [3.63, 3.8) is 0 Å². The zero-order valence-electron chi connectivity index (χ0n) is 21.0. The van der Waals surface area contributed by atoms with E-state index in [4.69, 9.17) is 19.5 Å². The summed E-state index contributed by atoms with van der Waals surface area (Å²) in [6.07, 6.45) is -0.874. The van der Waals surface area contributed by atoms with Gasteiger partial charge in [0.15, 0.2) is 11.5 Å². The van der Waals surface area contributed by atoms with Crippen LogP contribution in [-0.2, 0) is 4.79 Å². The fraction of sp³-hybridized carbons (Fsp3) is 0.250. The number of rotatable bonds is 13. The molecule has 0 aliphatic carbocycles. The fourth-order valence-corrected chi connectivity index (χ4v) is 4.89. The minimum Gasteiger partial charge on any atom is -0.493 e. The molecule has 0 fully saturated rings. The van der Waals surface area contributed by atoms with Crippen LogP contribution in [0.15, 0.2) is 75.4 Å². The summed E-state index contributed by atoms with van der Waals surface area (Å²) >= 11 is 3.12. The lowest BCUT2D eigenvalue weighted by Crippen LogP contribution is -2.32. The smallest absolute Gasteiger partial charge is 0.266 e. The minimum absolute atomic E-state index is 0.273. The Bertz CT molecular complexity index is 1240. The highest BCUT2D eigenvalue weighted by Crippen LogP contribution is 2.39. The maximum Gasteiger partial charge on any atom is 0.266 e. The number of hydrogen-bond acceptors (Lipinski definition) is 8. The lowest BCUT2D eigenvalue weighted by molar-refractivity contribution is -0.127. The first-order valence-electron chi connectivity index (χ1n) is 11.6. The maximum atomic E-state index is 13.3. The molecule has 0 aliphatic rings. The monoisotopic (exact) mass is 535 g/mol. The van der Waals surface area contributed by atoms with Crippen LogP contribution < -0.4 is 19.5 Å². The van der Waals surface area contributed by atoms with E-state index in [1.165, 1.54) is 11.8 Å². The van der Waals surface area contributed by atoms with Crippen LogP contribution in [-0.4, -0.2) is 38.0 Å². The number of carbonyl (C=O) groups is 1. The van der Waals surface area contributed by atoms with Crippen LogP contribution in [0.2, 0.25) is 0 Å². The topological polar surface area (TPSA) is 92.9 Å². The van der Waals surface area contributed by atoms with Gasteiger partial charge in [-0.2, -0.15) is 5.26 Å². The van der Waals surface area contributed by atoms with E-state index in [2.05, 4.69) is 30.0 Å². The molecule has 0 saturated carbocycles. The van der Waals surface area contributed by atoms with E-state index in [0.29, 0.717) is 35.1 Å². The van der Waals surface area contributed by atoms with E-state index in [-0.39, 0.29) is 11.8 Å². The summed E-state index contributed by atoms with van der Waals surface area (Å²) in [5.74, 6) is 2.60. The summed E-state index contributed by atoms with van der Waals surface area (Å²) in [6.45, 7) is 8.13. The van der Waals surface area contributed by atoms with Crippen molar-refractivity contribution in [1.29, 1.82) is 5.26 Å². The van der Waals surface area contributed by atoms with Gasteiger partial charge in [0, 0.05) is 21.4 Å². The third kappa shape index (κ3) is 7.68. The Morgan fingerprint density at radius 1 is 1.08 bits per heavy atom. The first kappa shape index (κ1) is 28.0. The number of hydrogen-bond donors (Lipinski definition) is 1. The Morgan fingerprint density at radius 3 is 2.41 bits per heavy atom. The lowest BCUT2D eigenvalue weighted by Gasteiger charge is -2.20. The zero-order valence-corrected chi connectivity index (χ0v) is 22.7. The molecule has 1 N–H and O–H groups in total. The molecule has 0 bridgehead atoms. The second-order valence-corrected chi connectivity index (χ2v) is 9.88. The molecular formula is C28H29N3O4S2. The first-order chi connectivity index (χ1) is 18.0. The third-order valence-corrected chi connectivity index (χ3v) is 6.98. The molecule has 1 unspecified atom stereocenters. The normalized spacial score (nSPS) is 11.2. The van der Waals surface area contributed by atoms with Crippen molar-refractivity contribution in [3.05, 3.63) is 71.8 Å². The van der Waals surface area contributed by atoms with Gasteiger partial charge in [0.2, 0.25) is 6.10 Å². The van der Waals surface area contributed by atoms with Crippen molar-refractivity contribution in [2.24, 2.45) is 4.99 Å². The first-order valence-corrected chi connectivity index (χ1v) is 13.6. The summed E-state index contributed by atoms with van der Waals surface area (Å²) in [5.41, 5.74) is 1.88. The summed E-state index contributed by atoms with van der Waals surface area (Å²) in [7, 11) is 1.57. The maximum absolute atomic E-state index is 13.3. The standard InChI is InChI=1S/C28H29N3O4S2/c1-5-34-25-15-23(30-3)26(16-24(25)33-4)37-18-31-28(32)27(20-9-13-22(14-10-20)36-6-2)35-21-11-7-19(17-29)8-12-21/h7-16,27H,3,5-6,18H2,1-2,4H3,(H,31,32). The summed E-state index contributed by atoms with van der Waals surface area (Å²) in [4.78, 5) is 19.3. The number of nitriles is 1. The Morgan fingerprint density at radius 2 is 1.81 bits per heavy atom. The van der Waals surface area contributed by atoms with Crippen LogP contribution in [0.1, 0.15) is 31.1 Å². The second kappa shape index (κ2) is 14.2. The number of nitrogens with one attached hydrogen (secondary N) is 1. The molecule has 1 amide bonds. The van der Waals surface area contributed by atoms with Gasteiger partial charge in [-0.25, -0.2) is 0 Å². The van der Waals surface area contributed by atoms with Crippen LogP contribution in [0.3, 0.4) is 0 Å². The highest BCUT2D eigenvalue weighted by molar-refractivity contribution is 7.99. The van der Waals surface area contributed by atoms with Gasteiger partial charge >= 0.3 is 0 Å². The van der Waals surface area contributed by atoms with E-state index in [1.807, 2.05) is 37.3 Å². The van der Waals surface area contributed by atoms with Crippen molar-refractivity contribution in [2.45, 2.75) is 29.7 Å². The van der Waals surface area contributed by atoms with Gasteiger partial charge in [-0.05, 0) is 61.9 Å². The van der Waals surface area contributed by atoms with E-state index >= 15 is 0 Å². The van der Waals surface area contributed by atoms with E-state index < -0.39 is 6.10 Å². The van der Waals surface area contributed by atoms with Gasteiger partial charge in [0.05, 0.1) is 36.9 Å². The number of methoxy groups -OCH3 is 1. The van der Waals surface area contributed by atoms with Gasteiger partial charge in [-0.3, -0.25) is 9.79 Å². The van der Waals surface area contributed by atoms with Gasteiger partial charge in [0.25, 0.3) is 5.91 Å². The van der Waals surface area contributed by atoms with Crippen molar-refractivity contribution in [2.75, 3.05) is 25.3 Å². The molecule has 192 valence electrons. The van der Waals surface area contributed by atoms with Crippen molar-refractivity contribution in [3.8, 4) is 23.3 Å². The molecule has 3 rings (SSSR count). The molecule has 0 saturated heterocycles. The molecule has 0 radical (unpaired) electrons. The van der Waals surface area contributed by atoms with Crippen LogP contribution >= 0.6 is 23.5 Å². The quantitative estimate of drug-likeness (QED) is 0.154. The van der Waals surface area contributed by atoms with Crippen LogP contribution in [0, 0.1) is 11.3 Å². The molecule has 7 nitrogen and oxygen atoms in total. The Hall–Kier alpha value is -3.61. The van der Waals surface area contributed by atoms with Crippen molar-refractivity contribution in [1.82, 2.24) is 5.32 Å². The van der Waals surface area contributed by atoms with E-state index in [1.54, 1.807) is 49.2 Å². The zero-order chi connectivity index (χ0) is 26.6. The predicted molar refractivity (Wildman–Crippen MR) is 150 cm³/mol. The Labute approximate surface area is 226 Å². The van der Waals surface area contributed by atoms with Crippen LogP contribution in [0.5, 0.6) is 17.2 Å². The number of nitrogens with zero attached hydrogens (tertiary/aromatic N) is 2. The summed E-state index contributed by atoms with van der Waals surface area (Å²) < 4.78 is 17.1. The molecule has 1 atom stereocenters. The van der Waals surface area contributed by atoms with Gasteiger partial charge in [-0.1, -0.05) is 19.1 Å². The number of thioether (sulfide) groups is 2. The van der Waals surface area contributed by atoms with E-state index in [0.717, 1.165) is 21.1 Å². The number of amides is 1. The number of ether oxygens (including phenoxy) is 3. The number of benzene rings is 3. The lowest BCUT2D eigenvalue weighted by atomic mass is 10.1. The number of aliphatic imine (C=N–C) groups is 1. The SMILES string of the molecule is C=Nc1cc(OCC)c(OC)cc1SCNC(=O)C(Oc1ccc(C#N)cc1)c1ccc(SCC)cc1.